The van der Waals surface area contributed by atoms with E-state index in [9.17, 15) is 4.79 Å². The van der Waals surface area contributed by atoms with E-state index in [0.29, 0.717) is 13.0 Å². The number of anilines is 1. The number of amides is 1. The summed E-state index contributed by atoms with van der Waals surface area (Å²) >= 11 is 3.28. The standard InChI is InChI=1S/C24H29N3O3S2/c1-18-3-6-20(7-4-18)31-16-9-23(28)27(11-10-26-12-14-30-15-13-26)24-25-21-17-19(29-2)5-8-22(21)32-24/h3-8,17H,9-16H2,1-2H3. The molecule has 1 amide bonds. The van der Waals surface area contributed by atoms with Crippen molar-refractivity contribution >= 4 is 44.4 Å². The van der Waals surface area contributed by atoms with Crippen molar-refractivity contribution in [3.63, 3.8) is 0 Å². The Labute approximate surface area is 197 Å². The van der Waals surface area contributed by atoms with Crippen molar-refractivity contribution in [3.8, 4) is 5.75 Å². The topological polar surface area (TPSA) is 54.9 Å². The maximum atomic E-state index is 13.3. The third-order valence-corrected chi connectivity index (χ3v) is 7.54. The number of carbonyl (C=O) groups excluding carboxylic acids is 1. The molecule has 3 aromatic rings. The third kappa shape index (κ3) is 6.01. The third-order valence-electron chi connectivity index (χ3n) is 5.46. The van der Waals surface area contributed by atoms with Gasteiger partial charge in [-0.3, -0.25) is 14.6 Å². The Kier molecular flexibility index (Phi) is 8.02. The molecule has 1 aliphatic rings. The number of hydrogen-bond donors (Lipinski definition) is 0. The van der Waals surface area contributed by atoms with Gasteiger partial charge in [0, 0.05) is 49.3 Å². The molecular formula is C24H29N3O3S2. The van der Waals surface area contributed by atoms with Crippen LogP contribution in [-0.4, -0.2) is 68.0 Å². The number of methoxy groups -OCH3 is 1. The SMILES string of the molecule is COc1ccc2sc(N(CCN3CCOCC3)C(=O)CCSc3ccc(C)cc3)nc2c1. The van der Waals surface area contributed by atoms with Crippen molar-refractivity contribution < 1.29 is 14.3 Å². The number of thiazole rings is 1. The number of benzene rings is 2. The number of thioether (sulfide) groups is 1. The van der Waals surface area contributed by atoms with Crippen molar-refractivity contribution in [3.05, 3.63) is 48.0 Å². The molecule has 170 valence electrons. The molecule has 1 aromatic heterocycles. The zero-order chi connectivity index (χ0) is 22.3. The second-order valence-electron chi connectivity index (χ2n) is 7.74. The van der Waals surface area contributed by atoms with Gasteiger partial charge in [0.15, 0.2) is 5.13 Å². The molecule has 2 aromatic carbocycles. The largest absolute Gasteiger partial charge is 0.497 e. The van der Waals surface area contributed by atoms with Crippen LogP contribution in [0.4, 0.5) is 5.13 Å². The summed E-state index contributed by atoms with van der Waals surface area (Å²) in [4.78, 5) is 23.4. The first kappa shape index (κ1) is 23.0. The van der Waals surface area contributed by atoms with Gasteiger partial charge in [-0.15, -0.1) is 11.8 Å². The van der Waals surface area contributed by atoms with Gasteiger partial charge in [0.1, 0.15) is 5.75 Å². The summed E-state index contributed by atoms with van der Waals surface area (Å²) in [6, 6.07) is 14.3. The lowest BCUT2D eigenvalue weighted by atomic mass is 10.2. The molecular weight excluding hydrogens is 442 g/mol. The van der Waals surface area contributed by atoms with Crippen LogP contribution in [-0.2, 0) is 9.53 Å². The second-order valence-corrected chi connectivity index (χ2v) is 9.92. The molecule has 0 aliphatic carbocycles. The molecule has 1 aliphatic heterocycles. The second kappa shape index (κ2) is 11.1. The van der Waals surface area contributed by atoms with E-state index in [4.69, 9.17) is 14.5 Å². The first-order valence-electron chi connectivity index (χ1n) is 10.9. The van der Waals surface area contributed by atoms with Crippen LogP contribution in [0.1, 0.15) is 12.0 Å². The number of fused-ring (bicyclic) bond motifs is 1. The number of morpholine rings is 1. The fourth-order valence-corrected chi connectivity index (χ4v) is 5.39. The molecule has 0 spiro atoms. The van der Waals surface area contributed by atoms with Crippen LogP contribution in [0.25, 0.3) is 10.2 Å². The molecule has 8 heteroatoms. The average molecular weight is 472 g/mol. The monoisotopic (exact) mass is 471 g/mol. The fraction of sp³-hybridized carbons (Fsp3) is 0.417. The minimum absolute atomic E-state index is 0.115. The van der Waals surface area contributed by atoms with E-state index < -0.39 is 0 Å². The molecule has 0 N–H and O–H groups in total. The molecule has 32 heavy (non-hydrogen) atoms. The highest BCUT2D eigenvalue weighted by Gasteiger charge is 2.21. The lowest BCUT2D eigenvalue weighted by molar-refractivity contribution is -0.118. The number of carbonyl (C=O) groups is 1. The molecule has 0 unspecified atom stereocenters. The van der Waals surface area contributed by atoms with Gasteiger partial charge in [-0.05, 0) is 31.2 Å². The number of aromatic nitrogens is 1. The maximum Gasteiger partial charge on any atom is 0.229 e. The van der Waals surface area contributed by atoms with Crippen LogP contribution in [0, 0.1) is 6.92 Å². The number of ether oxygens (including phenoxy) is 2. The molecule has 0 saturated carbocycles. The molecule has 0 atom stereocenters. The van der Waals surface area contributed by atoms with Gasteiger partial charge in [-0.1, -0.05) is 29.0 Å². The summed E-state index contributed by atoms with van der Waals surface area (Å²) in [5.74, 6) is 1.63. The Balaban J connectivity index is 1.45. The molecule has 4 rings (SSSR count). The Morgan fingerprint density at radius 2 is 2.00 bits per heavy atom. The normalized spacial score (nSPS) is 14.6. The van der Waals surface area contributed by atoms with Gasteiger partial charge in [0.25, 0.3) is 0 Å². The molecule has 0 bridgehead atoms. The lowest BCUT2D eigenvalue weighted by Crippen LogP contribution is -2.43. The zero-order valence-electron chi connectivity index (χ0n) is 18.6. The highest BCUT2D eigenvalue weighted by atomic mass is 32.2. The summed E-state index contributed by atoms with van der Waals surface area (Å²) in [6.07, 6.45) is 0.473. The Bertz CT molecular complexity index is 1030. The minimum atomic E-state index is 0.115. The smallest absolute Gasteiger partial charge is 0.229 e. The van der Waals surface area contributed by atoms with Crippen molar-refractivity contribution in [1.29, 1.82) is 0 Å². The van der Waals surface area contributed by atoms with E-state index in [1.165, 1.54) is 10.5 Å². The van der Waals surface area contributed by atoms with Gasteiger partial charge < -0.3 is 9.47 Å². The lowest BCUT2D eigenvalue weighted by Gasteiger charge is -2.29. The Hall–Kier alpha value is -2.13. The van der Waals surface area contributed by atoms with Gasteiger partial charge >= 0.3 is 0 Å². The summed E-state index contributed by atoms with van der Waals surface area (Å²) in [6.45, 7) is 6.84. The average Bonchev–Trinajstić information content (AvgIpc) is 3.24. The van der Waals surface area contributed by atoms with Crippen molar-refractivity contribution in [2.24, 2.45) is 0 Å². The molecule has 1 saturated heterocycles. The van der Waals surface area contributed by atoms with Gasteiger partial charge in [-0.2, -0.15) is 0 Å². The van der Waals surface area contributed by atoms with Crippen LogP contribution in [0.2, 0.25) is 0 Å². The first-order chi connectivity index (χ1) is 15.6. The number of aryl methyl sites for hydroxylation is 1. The van der Waals surface area contributed by atoms with Crippen molar-refractivity contribution in [1.82, 2.24) is 9.88 Å². The van der Waals surface area contributed by atoms with E-state index >= 15 is 0 Å². The fourth-order valence-electron chi connectivity index (χ4n) is 3.56. The molecule has 2 heterocycles. The van der Waals surface area contributed by atoms with Crippen LogP contribution in [0.3, 0.4) is 0 Å². The van der Waals surface area contributed by atoms with Crippen LogP contribution < -0.4 is 9.64 Å². The summed E-state index contributed by atoms with van der Waals surface area (Å²) in [5.41, 5.74) is 2.11. The van der Waals surface area contributed by atoms with E-state index in [1.54, 1.807) is 30.2 Å². The van der Waals surface area contributed by atoms with Crippen molar-refractivity contribution in [2.45, 2.75) is 18.2 Å². The van der Waals surface area contributed by atoms with Crippen LogP contribution >= 0.6 is 23.1 Å². The maximum absolute atomic E-state index is 13.3. The Morgan fingerprint density at radius 1 is 1.22 bits per heavy atom. The minimum Gasteiger partial charge on any atom is -0.497 e. The van der Waals surface area contributed by atoms with Gasteiger partial charge in [0.05, 0.1) is 30.5 Å². The zero-order valence-corrected chi connectivity index (χ0v) is 20.2. The van der Waals surface area contributed by atoms with Gasteiger partial charge in [-0.25, -0.2) is 4.98 Å². The summed E-state index contributed by atoms with van der Waals surface area (Å²) in [7, 11) is 1.65. The molecule has 6 nitrogen and oxygen atoms in total. The highest BCUT2D eigenvalue weighted by Crippen LogP contribution is 2.32. The first-order valence-corrected chi connectivity index (χ1v) is 12.7. The van der Waals surface area contributed by atoms with E-state index in [2.05, 4.69) is 36.1 Å². The molecule has 0 radical (unpaired) electrons. The number of hydrogen-bond acceptors (Lipinski definition) is 7. The predicted molar refractivity (Wildman–Crippen MR) is 132 cm³/mol. The van der Waals surface area contributed by atoms with Gasteiger partial charge in [0.2, 0.25) is 5.91 Å². The van der Waals surface area contributed by atoms with E-state index in [0.717, 1.165) is 59.7 Å². The summed E-state index contributed by atoms with van der Waals surface area (Å²) < 4.78 is 11.8. The highest BCUT2D eigenvalue weighted by molar-refractivity contribution is 7.99. The van der Waals surface area contributed by atoms with Crippen molar-refractivity contribution in [2.75, 3.05) is 57.2 Å². The number of rotatable bonds is 9. The molecule has 1 fully saturated rings. The van der Waals surface area contributed by atoms with Crippen LogP contribution in [0.5, 0.6) is 5.75 Å². The summed E-state index contributed by atoms with van der Waals surface area (Å²) in [5, 5.41) is 0.756. The Morgan fingerprint density at radius 3 is 2.75 bits per heavy atom. The number of nitrogens with zero attached hydrogens (tertiary/aromatic N) is 3. The quantitative estimate of drug-likeness (QED) is 0.430. The van der Waals surface area contributed by atoms with E-state index in [1.807, 2.05) is 23.1 Å². The van der Waals surface area contributed by atoms with E-state index in [-0.39, 0.29) is 5.91 Å². The van der Waals surface area contributed by atoms with Crippen LogP contribution in [0.15, 0.2) is 47.4 Å². The predicted octanol–water partition coefficient (Wildman–Crippen LogP) is 4.46.